The monoisotopic (exact) mass is 285 g/mol. The van der Waals surface area contributed by atoms with Crippen LogP contribution in [0.5, 0.6) is 0 Å². The van der Waals surface area contributed by atoms with E-state index < -0.39 is 0 Å². The highest BCUT2D eigenvalue weighted by Crippen LogP contribution is 2.31. The average molecular weight is 285 g/mol. The second kappa shape index (κ2) is 6.86. The van der Waals surface area contributed by atoms with Crippen molar-refractivity contribution in [3.63, 3.8) is 0 Å². The molecular formula is C19H24FN. The van der Waals surface area contributed by atoms with E-state index >= 15 is 0 Å². The molecule has 0 saturated carbocycles. The van der Waals surface area contributed by atoms with Crippen molar-refractivity contribution in [1.29, 1.82) is 0 Å². The molecule has 1 N–H and O–H groups in total. The Bertz CT molecular complexity index is 619. The molecule has 1 atom stereocenters. The zero-order valence-corrected chi connectivity index (χ0v) is 13.3. The van der Waals surface area contributed by atoms with Crippen molar-refractivity contribution in [2.75, 3.05) is 6.54 Å². The Labute approximate surface area is 127 Å². The molecule has 0 saturated heterocycles. The van der Waals surface area contributed by atoms with Crippen LogP contribution in [0.2, 0.25) is 0 Å². The fourth-order valence-electron chi connectivity index (χ4n) is 2.73. The van der Waals surface area contributed by atoms with Gasteiger partial charge in [0.15, 0.2) is 0 Å². The standard InChI is InChI=1S/C19H24FN/c1-5-10-21-15(4)18-9-7-16(20)12-19(18)17-8-6-13(2)11-14(17)3/h6-9,11-12,15,21H,5,10H2,1-4H3. The summed E-state index contributed by atoms with van der Waals surface area (Å²) in [4.78, 5) is 0. The Morgan fingerprint density at radius 2 is 1.81 bits per heavy atom. The van der Waals surface area contributed by atoms with Crippen LogP contribution in [0.1, 0.15) is 43.0 Å². The van der Waals surface area contributed by atoms with Gasteiger partial charge in [0, 0.05) is 6.04 Å². The lowest BCUT2D eigenvalue weighted by atomic mass is 9.92. The first kappa shape index (κ1) is 15.7. The van der Waals surface area contributed by atoms with Crippen LogP contribution in [0.3, 0.4) is 0 Å². The fourth-order valence-corrected chi connectivity index (χ4v) is 2.73. The van der Waals surface area contributed by atoms with E-state index in [1.165, 1.54) is 11.1 Å². The van der Waals surface area contributed by atoms with Crippen molar-refractivity contribution in [3.05, 3.63) is 58.9 Å². The molecule has 0 heterocycles. The smallest absolute Gasteiger partial charge is 0.123 e. The van der Waals surface area contributed by atoms with Crippen LogP contribution in [0, 0.1) is 19.7 Å². The molecule has 112 valence electrons. The summed E-state index contributed by atoms with van der Waals surface area (Å²) in [6.07, 6.45) is 1.09. The van der Waals surface area contributed by atoms with Crippen molar-refractivity contribution >= 4 is 0 Å². The first-order chi connectivity index (χ1) is 10.0. The normalized spacial score (nSPS) is 12.4. The lowest BCUT2D eigenvalue weighted by Gasteiger charge is -2.19. The van der Waals surface area contributed by atoms with E-state index in [1.54, 1.807) is 12.1 Å². The maximum Gasteiger partial charge on any atom is 0.123 e. The zero-order chi connectivity index (χ0) is 15.4. The van der Waals surface area contributed by atoms with Crippen molar-refractivity contribution < 1.29 is 4.39 Å². The van der Waals surface area contributed by atoms with Gasteiger partial charge in [-0.1, -0.05) is 36.8 Å². The highest BCUT2D eigenvalue weighted by Gasteiger charge is 2.14. The molecule has 2 heteroatoms. The SMILES string of the molecule is CCCNC(C)c1ccc(F)cc1-c1ccc(C)cc1C. The van der Waals surface area contributed by atoms with Crippen LogP contribution >= 0.6 is 0 Å². The van der Waals surface area contributed by atoms with E-state index in [0.717, 1.165) is 29.7 Å². The van der Waals surface area contributed by atoms with Crippen LogP contribution in [0.25, 0.3) is 11.1 Å². The van der Waals surface area contributed by atoms with Crippen molar-refractivity contribution in [2.45, 2.75) is 40.2 Å². The van der Waals surface area contributed by atoms with Gasteiger partial charge < -0.3 is 5.32 Å². The molecule has 21 heavy (non-hydrogen) atoms. The molecule has 2 aromatic carbocycles. The summed E-state index contributed by atoms with van der Waals surface area (Å²) in [6.45, 7) is 9.41. The maximum absolute atomic E-state index is 13.7. The summed E-state index contributed by atoms with van der Waals surface area (Å²) >= 11 is 0. The molecule has 0 aliphatic rings. The molecule has 0 amide bonds. The second-order valence-corrected chi connectivity index (χ2v) is 5.73. The number of rotatable bonds is 5. The van der Waals surface area contributed by atoms with Crippen molar-refractivity contribution in [2.24, 2.45) is 0 Å². The molecule has 0 aliphatic heterocycles. The number of benzene rings is 2. The fraction of sp³-hybridized carbons (Fsp3) is 0.368. The van der Waals surface area contributed by atoms with Gasteiger partial charge in [-0.15, -0.1) is 0 Å². The first-order valence-electron chi connectivity index (χ1n) is 7.63. The molecule has 0 radical (unpaired) electrons. The summed E-state index contributed by atoms with van der Waals surface area (Å²) in [5.41, 5.74) is 5.66. The van der Waals surface area contributed by atoms with Crippen LogP contribution in [-0.4, -0.2) is 6.54 Å². The highest BCUT2D eigenvalue weighted by molar-refractivity contribution is 5.71. The molecule has 2 aromatic rings. The Kier molecular flexibility index (Phi) is 5.13. The minimum Gasteiger partial charge on any atom is -0.310 e. The molecule has 0 fully saturated rings. The molecule has 1 unspecified atom stereocenters. The number of hydrogen-bond donors (Lipinski definition) is 1. The van der Waals surface area contributed by atoms with E-state index in [4.69, 9.17) is 0 Å². The second-order valence-electron chi connectivity index (χ2n) is 5.73. The predicted octanol–water partition coefficient (Wildman–Crippen LogP) is 5.17. The molecule has 1 nitrogen and oxygen atoms in total. The lowest BCUT2D eigenvalue weighted by molar-refractivity contribution is 0.569. The van der Waals surface area contributed by atoms with E-state index in [1.807, 2.05) is 6.07 Å². The predicted molar refractivity (Wildman–Crippen MR) is 88.0 cm³/mol. The third kappa shape index (κ3) is 3.70. The molecule has 2 rings (SSSR count). The average Bonchev–Trinajstić information content (AvgIpc) is 2.44. The summed E-state index contributed by atoms with van der Waals surface area (Å²) in [6, 6.07) is 11.6. The Morgan fingerprint density at radius 3 is 2.48 bits per heavy atom. The Morgan fingerprint density at radius 1 is 1.05 bits per heavy atom. The van der Waals surface area contributed by atoms with Crippen LogP contribution in [0.15, 0.2) is 36.4 Å². The quantitative estimate of drug-likeness (QED) is 0.799. The number of aryl methyl sites for hydroxylation is 2. The third-order valence-corrected chi connectivity index (χ3v) is 3.85. The minimum atomic E-state index is -0.184. The largest absolute Gasteiger partial charge is 0.310 e. The van der Waals surface area contributed by atoms with Crippen LogP contribution in [-0.2, 0) is 0 Å². The number of hydrogen-bond acceptors (Lipinski definition) is 1. The number of halogens is 1. The zero-order valence-electron chi connectivity index (χ0n) is 13.3. The van der Waals surface area contributed by atoms with Gasteiger partial charge in [-0.05, 0) is 68.1 Å². The van der Waals surface area contributed by atoms with E-state index in [-0.39, 0.29) is 11.9 Å². The molecule has 0 spiro atoms. The first-order valence-corrected chi connectivity index (χ1v) is 7.63. The highest BCUT2D eigenvalue weighted by atomic mass is 19.1. The maximum atomic E-state index is 13.7. The topological polar surface area (TPSA) is 12.0 Å². The van der Waals surface area contributed by atoms with E-state index in [2.05, 4.69) is 51.2 Å². The van der Waals surface area contributed by atoms with Gasteiger partial charge in [-0.3, -0.25) is 0 Å². The molecule has 0 aliphatic carbocycles. The molecular weight excluding hydrogens is 261 g/mol. The van der Waals surface area contributed by atoms with Gasteiger partial charge in [0.1, 0.15) is 5.82 Å². The summed E-state index contributed by atoms with van der Waals surface area (Å²) in [5, 5.41) is 3.49. The summed E-state index contributed by atoms with van der Waals surface area (Å²) in [5.74, 6) is -0.184. The van der Waals surface area contributed by atoms with Gasteiger partial charge in [-0.25, -0.2) is 4.39 Å². The lowest BCUT2D eigenvalue weighted by Crippen LogP contribution is -2.20. The minimum absolute atomic E-state index is 0.184. The summed E-state index contributed by atoms with van der Waals surface area (Å²) in [7, 11) is 0. The summed E-state index contributed by atoms with van der Waals surface area (Å²) < 4.78 is 13.7. The third-order valence-electron chi connectivity index (χ3n) is 3.85. The Balaban J connectivity index is 2.48. The van der Waals surface area contributed by atoms with Gasteiger partial charge in [-0.2, -0.15) is 0 Å². The van der Waals surface area contributed by atoms with Crippen molar-refractivity contribution in [3.8, 4) is 11.1 Å². The van der Waals surface area contributed by atoms with Crippen LogP contribution < -0.4 is 5.32 Å². The van der Waals surface area contributed by atoms with Crippen molar-refractivity contribution in [1.82, 2.24) is 5.32 Å². The van der Waals surface area contributed by atoms with E-state index in [0.29, 0.717) is 0 Å². The molecule has 0 aromatic heterocycles. The van der Waals surface area contributed by atoms with Gasteiger partial charge in [0.25, 0.3) is 0 Å². The van der Waals surface area contributed by atoms with Gasteiger partial charge >= 0.3 is 0 Å². The Hall–Kier alpha value is -1.67. The van der Waals surface area contributed by atoms with Gasteiger partial charge in [0.05, 0.1) is 0 Å². The molecule has 0 bridgehead atoms. The van der Waals surface area contributed by atoms with E-state index in [9.17, 15) is 4.39 Å². The van der Waals surface area contributed by atoms with Crippen LogP contribution in [0.4, 0.5) is 4.39 Å². The number of nitrogens with one attached hydrogen (secondary N) is 1. The van der Waals surface area contributed by atoms with Gasteiger partial charge in [0.2, 0.25) is 0 Å².